The third kappa shape index (κ3) is 4.70. The standard InChI is InChI=1S/C9H17N5O2S/c1-13(5-6-15)8(16)4-3-7-17-9-10-11-12-14(9)2/h15H,3-7H2,1-2H3. The normalized spacial score (nSPS) is 10.5. The number of aliphatic hydroxyl groups excluding tert-OH is 1. The Labute approximate surface area is 104 Å². The van der Waals surface area contributed by atoms with Crippen molar-refractivity contribution in [3.8, 4) is 0 Å². The van der Waals surface area contributed by atoms with Gasteiger partial charge >= 0.3 is 0 Å². The number of carbonyl (C=O) groups is 1. The number of hydrogen-bond donors (Lipinski definition) is 1. The second kappa shape index (κ2) is 7.23. The van der Waals surface area contributed by atoms with Crippen LogP contribution in [0.4, 0.5) is 0 Å². The van der Waals surface area contributed by atoms with Crippen molar-refractivity contribution in [2.75, 3.05) is 26.0 Å². The minimum Gasteiger partial charge on any atom is -0.395 e. The first-order valence-electron chi connectivity index (χ1n) is 5.35. The zero-order chi connectivity index (χ0) is 12.7. The highest BCUT2D eigenvalue weighted by atomic mass is 32.2. The van der Waals surface area contributed by atoms with Gasteiger partial charge in [-0.2, -0.15) is 0 Å². The molecule has 0 saturated carbocycles. The van der Waals surface area contributed by atoms with Gasteiger partial charge in [0, 0.05) is 32.8 Å². The summed E-state index contributed by atoms with van der Waals surface area (Å²) in [5.41, 5.74) is 0. The molecule has 0 radical (unpaired) electrons. The molecule has 0 aromatic carbocycles. The molecule has 0 atom stereocenters. The summed E-state index contributed by atoms with van der Waals surface area (Å²) in [6.45, 7) is 0.390. The van der Waals surface area contributed by atoms with Crippen molar-refractivity contribution in [2.45, 2.75) is 18.0 Å². The lowest BCUT2D eigenvalue weighted by atomic mass is 10.3. The summed E-state index contributed by atoms with van der Waals surface area (Å²) in [4.78, 5) is 13.1. The molecule has 1 aromatic heterocycles. The van der Waals surface area contributed by atoms with Crippen LogP contribution >= 0.6 is 11.8 Å². The van der Waals surface area contributed by atoms with E-state index in [1.54, 1.807) is 18.8 Å². The Morgan fingerprint density at radius 2 is 2.35 bits per heavy atom. The van der Waals surface area contributed by atoms with E-state index in [1.165, 1.54) is 16.7 Å². The Kier molecular flexibility index (Phi) is 5.92. The van der Waals surface area contributed by atoms with Crippen LogP contribution in [0.3, 0.4) is 0 Å². The molecule has 1 N–H and O–H groups in total. The van der Waals surface area contributed by atoms with E-state index in [0.717, 1.165) is 17.3 Å². The molecule has 0 saturated heterocycles. The van der Waals surface area contributed by atoms with Crippen LogP contribution in [0.15, 0.2) is 5.16 Å². The topological polar surface area (TPSA) is 84.1 Å². The van der Waals surface area contributed by atoms with Crippen LogP contribution < -0.4 is 0 Å². The summed E-state index contributed by atoms with van der Waals surface area (Å²) >= 11 is 1.53. The summed E-state index contributed by atoms with van der Waals surface area (Å²) in [5.74, 6) is 0.850. The minimum absolute atomic E-state index is 0.00159. The second-order valence-electron chi connectivity index (χ2n) is 3.58. The molecule has 0 spiro atoms. The lowest BCUT2D eigenvalue weighted by Crippen LogP contribution is -2.29. The summed E-state index contributed by atoms with van der Waals surface area (Å²) in [7, 11) is 3.47. The fourth-order valence-electron chi connectivity index (χ4n) is 1.20. The van der Waals surface area contributed by atoms with E-state index in [9.17, 15) is 4.79 Å². The van der Waals surface area contributed by atoms with Gasteiger partial charge in [0.15, 0.2) is 0 Å². The van der Waals surface area contributed by atoms with Crippen LogP contribution in [0.25, 0.3) is 0 Å². The lowest BCUT2D eigenvalue weighted by Gasteiger charge is -2.15. The van der Waals surface area contributed by atoms with E-state index in [4.69, 9.17) is 5.11 Å². The number of tetrazole rings is 1. The summed E-state index contributed by atoms with van der Waals surface area (Å²) in [5, 5.41) is 20.5. The Bertz CT molecular complexity index is 357. The summed E-state index contributed by atoms with van der Waals surface area (Å²) in [6.07, 6.45) is 1.25. The fraction of sp³-hybridized carbons (Fsp3) is 0.778. The van der Waals surface area contributed by atoms with Crippen molar-refractivity contribution < 1.29 is 9.90 Å². The van der Waals surface area contributed by atoms with E-state index in [2.05, 4.69) is 15.5 Å². The number of rotatable bonds is 7. The third-order valence-corrected chi connectivity index (χ3v) is 3.31. The molecule has 1 amide bonds. The van der Waals surface area contributed by atoms with Gasteiger partial charge < -0.3 is 10.0 Å². The Morgan fingerprint density at radius 3 is 2.94 bits per heavy atom. The van der Waals surface area contributed by atoms with E-state index in [0.29, 0.717) is 13.0 Å². The maximum absolute atomic E-state index is 11.5. The molecular formula is C9H17N5O2S. The maximum atomic E-state index is 11.5. The summed E-state index contributed by atoms with van der Waals surface area (Å²) in [6, 6.07) is 0. The van der Waals surface area contributed by atoms with Crippen molar-refractivity contribution >= 4 is 17.7 Å². The molecule has 1 heterocycles. The Morgan fingerprint density at radius 1 is 1.59 bits per heavy atom. The number of thioether (sulfide) groups is 1. The number of hydrogen-bond acceptors (Lipinski definition) is 6. The highest BCUT2D eigenvalue weighted by Gasteiger charge is 2.08. The smallest absolute Gasteiger partial charge is 0.222 e. The van der Waals surface area contributed by atoms with E-state index in [1.807, 2.05) is 0 Å². The molecule has 17 heavy (non-hydrogen) atoms. The molecule has 0 bridgehead atoms. The SMILES string of the molecule is CN(CCO)C(=O)CCCSc1nnnn1C. The predicted molar refractivity (Wildman–Crippen MR) is 63.5 cm³/mol. The average Bonchev–Trinajstić information content (AvgIpc) is 2.70. The molecule has 1 rings (SSSR count). The Hall–Kier alpha value is -1.15. The van der Waals surface area contributed by atoms with Crippen LogP contribution in [-0.2, 0) is 11.8 Å². The molecule has 1 aromatic rings. The molecule has 0 unspecified atom stereocenters. The molecule has 0 aliphatic carbocycles. The van der Waals surface area contributed by atoms with Gasteiger partial charge in [0.1, 0.15) is 0 Å². The van der Waals surface area contributed by atoms with Gasteiger partial charge in [0.05, 0.1) is 6.61 Å². The van der Waals surface area contributed by atoms with Gasteiger partial charge in [-0.05, 0) is 16.8 Å². The van der Waals surface area contributed by atoms with E-state index >= 15 is 0 Å². The second-order valence-corrected chi connectivity index (χ2v) is 4.64. The first kappa shape index (κ1) is 13.9. The van der Waals surface area contributed by atoms with Crippen LogP contribution in [0.5, 0.6) is 0 Å². The van der Waals surface area contributed by atoms with Gasteiger partial charge in [-0.25, -0.2) is 4.68 Å². The molecule has 0 fully saturated rings. The first-order chi connectivity index (χ1) is 8.15. The average molecular weight is 259 g/mol. The van der Waals surface area contributed by atoms with E-state index in [-0.39, 0.29) is 12.5 Å². The quantitative estimate of drug-likeness (QED) is 0.526. The number of aryl methyl sites for hydroxylation is 1. The zero-order valence-electron chi connectivity index (χ0n) is 10.0. The number of carbonyl (C=O) groups excluding carboxylic acids is 1. The number of likely N-dealkylation sites (N-methyl/N-ethyl adjacent to an activating group) is 1. The maximum Gasteiger partial charge on any atom is 0.222 e. The number of aromatic nitrogens is 4. The predicted octanol–water partition coefficient (Wildman–Crippen LogP) is -0.467. The van der Waals surface area contributed by atoms with Crippen LogP contribution in [0, 0.1) is 0 Å². The minimum atomic E-state index is 0.00159. The van der Waals surface area contributed by atoms with Crippen molar-refractivity contribution in [1.82, 2.24) is 25.1 Å². The molecule has 0 aliphatic rings. The number of aliphatic hydroxyl groups is 1. The number of amides is 1. The molecule has 0 aliphatic heterocycles. The van der Waals surface area contributed by atoms with Gasteiger partial charge in [-0.3, -0.25) is 4.79 Å². The zero-order valence-corrected chi connectivity index (χ0v) is 10.9. The fourth-order valence-corrected chi connectivity index (χ4v) is 1.98. The number of nitrogens with zero attached hydrogens (tertiary/aromatic N) is 5. The molecule has 7 nitrogen and oxygen atoms in total. The molecule has 96 valence electrons. The van der Waals surface area contributed by atoms with Crippen molar-refractivity contribution in [3.63, 3.8) is 0 Å². The van der Waals surface area contributed by atoms with Gasteiger partial charge in [-0.15, -0.1) is 5.10 Å². The van der Waals surface area contributed by atoms with Crippen molar-refractivity contribution in [3.05, 3.63) is 0 Å². The largest absolute Gasteiger partial charge is 0.395 e. The van der Waals surface area contributed by atoms with Crippen molar-refractivity contribution in [2.24, 2.45) is 7.05 Å². The highest BCUT2D eigenvalue weighted by Crippen LogP contribution is 2.14. The van der Waals surface area contributed by atoms with Gasteiger partial charge in [-0.1, -0.05) is 11.8 Å². The van der Waals surface area contributed by atoms with E-state index < -0.39 is 0 Å². The van der Waals surface area contributed by atoms with Crippen LogP contribution in [-0.4, -0.2) is 62.1 Å². The monoisotopic (exact) mass is 259 g/mol. The lowest BCUT2D eigenvalue weighted by molar-refractivity contribution is -0.130. The first-order valence-corrected chi connectivity index (χ1v) is 6.33. The molecule has 8 heteroatoms. The van der Waals surface area contributed by atoms with Gasteiger partial charge in [0.2, 0.25) is 11.1 Å². The molecular weight excluding hydrogens is 242 g/mol. The third-order valence-electron chi connectivity index (χ3n) is 2.21. The van der Waals surface area contributed by atoms with Crippen LogP contribution in [0.1, 0.15) is 12.8 Å². The van der Waals surface area contributed by atoms with Crippen LogP contribution in [0.2, 0.25) is 0 Å². The van der Waals surface area contributed by atoms with Crippen molar-refractivity contribution in [1.29, 1.82) is 0 Å². The van der Waals surface area contributed by atoms with Gasteiger partial charge in [0.25, 0.3) is 0 Å². The summed E-state index contributed by atoms with van der Waals surface area (Å²) < 4.78 is 1.60. The Balaban J connectivity index is 2.16. The highest BCUT2D eigenvalue weighted by molar-refractivity contribution is 7.99.